The van der Waals surface area contributed by atoms with Gasteiger partial charge in [-0.25, -0.2) is 0 Å². The largest absolute Gasteiger partial charge is 0.497 e. The second-order valence-corrected chi connectivity index (χ2v) is 7.37. The molecule has 0 fully saturated rings. The van der Waals surface area contributed by atoms with Crippen LogP contribution in [-0.4, -0.2) is 44.9 Å². The number of methoxy groups -OCH3 is 1. The van der Waals surface area contributed by atoms with E-state index < -0.39 is 0 Å². The van der Waals surface area contributed by atoms with Crippen LogP contribution in [0.15, 0.2) is 24.3 Å². The Hall–Kier alpha value is -1.06. The first-order valence-corrected chi connectivity index (χ1v) is 8.35. The lowest BCUT2D eigenvalue weighted by atomic mass is 9.84. The first kappa shape index (κ1) is 19.0. The van der Waals surface area contributed by atoms with Gasteiger partial charge in [0.15, 0.2) is 0 Å². The molecule has 1 rings (SSSR count). The van der Waals surface area contributed by atoms with Crippen molar-refractivity contribution < 1.29 is 14.0 Å². The van der Waals surface area contributed by atoms with E-state index in [1.807, 2.05) is 12.1 Å². The van der Waals surface area contributed by atoms with Crippen LogP contribution in [0.1, 0.15) is 46.3 Å². The van der Waals surface area contributed by atoms with Gasteiger partial charge in [-0.05, 0) is 37.0 Å². The Labute approximate surface area is 136 Å². The molecule has 1 aromatic rings. The highest BCUT2D eigenvalue weighted by Crippen LogP contribution is 2.36. The molecule has 1 aromatic carbocycles. The summed E-state index contributed by atoms with van der Waals surface area (Å²) in [7, 11) is 3.99. The summed E-state index contributed by atoms with van der Waals surface area (Å²) in [6.45, 7) is 15.3. The number of hydrogen-bond donors (Lipinski definition) is 0. The van der Waals surface area contributed by atoms with Crippen molar-refractivity contribution in [2.75, 3.05) is 40.4 Å². The minimum Gasteiger partial charge on any atom is -0.497 e. The van der Waals surface area contributed by atoms with Gasteiger partial charge in [-0.3, -0.25) is 0 Å². The van der Waals surface area contributed by atoms with E-state index in [0.717, 1.165) is 36.5 Å². The highest BCUT2D eigenvalue weighted by molar-refractivity contribution is 5.29. The summed E-state index contributed by atoms with van der Waals surface area (Å²) < 4.78 is 12.6. The second kappa shape index (κ2) is 7.98. The summed E-state index contributed by atoms with van der Waals surface area (Å²) in [4.78, 5) is 0. The van der Waals surface area contributed by atoms with E-state index in [2.05, 4.69) is 53.8 Å². The molecule has 0 N–H and O–H groups in total. The minimum absolute atomic E-state index is 0.0659. The molecule has 22 heavy (non-hydrogen) atoms. The van der Waals surface area contributed by atoms with Crippen molar-refractivity contribution >= 4 is 0 Å². The van der Waals surface area contributed by atoms with Crippen molar-refractivity contribution in [3.05, 3.63) is 29.8 Å². The van der Waals surface area contributed by atoms with Gasteiger partial charge >= 0.3 is 0 Å². The molecule has 0 aliphatic carbocycles. The standard InChI is InChI=1S/C19H34NO2/c1-8-20(6,9-2)14-15-22-18(19(3,4)5)16-10-12-17(21-7)13-11-16/h10-13,18H,8-9,14-15H2,1-7H3/q+1. The maximum Gasteiger partial charge on any atom is 0.118 e. The highest BCUT2D eigenvalue weighted by Gasteiger charge is 2.28. The molecular formula is C19H34NO2+. The molecule has 0 amide bonds. The maximum atomic E-state index is 6.31. The molecule has 0 aliphatic heterocycles. The molecule has 0 aliphatic rings. The number of nitrogens with zero attached hydrogens (tertiary/aromatic N) is 1. The van der Waals surface area contributed by atoms with E-state index >= 15 is 0 Å². The number of hydrogen-bond acceptors (Lipinski definition) is 2. The van der Waals surface area contributed by atoms with E-state index in [0.29, 0.717) is 0 Å². The third-order valence-electron chi connectivity index (χ3n) is 4.65. The molecular weight excluding hydrogens is 274 g/mol. The summed E-state index contributed by atoms with van der Waals surface area (Å²) in [5.41, 5.74) is 1.28. The highest BCUT2D eigenvalue weighted by atomic mass is 16.5. The first-order chi connectivity index (χ1) is 10.3. The van der Waals surface area contributed by atoms with Gasteiger partial charge < -0.3 is 14.0 Å². The molecule has 1 atom stereocenters. The Kier molecular flexibility index (Phi) is 6.89. The van der Waals surface area contributed by atoms with Crippen LogP contribution in [0.5, 0.6) is 5.75 Å². The second-order valence-electron chi connectivity index (χ2n) is 7.37. The molecule has 0 saturated carbocycles. The van der Waals surface area contributed by atoms with Crippen LogP contribution >= 0.6 is 0 Å². The van der Waals surface area contributed by atoms with E-state index in [4.69, 9.17) is 9.47 Å². The van der Waals surface area contributed by atoms with Gasteiger partial charge in [-0.15, -0.1) is 0 Å². The number of quaternary nitrogens is 1. The summed E-state index contributed by atoms with van der Waals surface area (Å²) in [5.74, 6) is 0.887. The molecule has 0 radical (unpaired) electrons. The van der Waals surface area contributed by atoms with Crippen LogP contribution in [0.3, 0.4) is 0 Å². The normalized spacial score (nSPS) is 14.0. The first-order valence-electron chi connectivity index (χ1n) is 8.35. The summed E-state index contributed by atoms with van der Waals surface area (Å²) in [5, 5.41) is 0. The Balaban J connectivity index is 2.77. The van der Waals surface area contributed by atoms with Crippen LogP contribution in [0.4, 0.5) is 0 Å². The molecule has 0 saturated heterocycles. The van der Waals surface area contributed by atoms with Crippen molar-refractivity contribution in [1.82, 2.24) is 0 Å². The zero-order valence-corrected chi connectivity index (χ0v) is 15.5. The number of ether oxygens (including phenoxy) is 2. The topological polar surface area (TPSA) is 18.5 Å². The van der Waals surface area contributed by atoms with Crippen molar-refractivity contribution in [2.24, 2.45) is 5.41 Å². The van der Waals surface area contributed by atoms with Crippen LogP contribution in [0, 0.1) is 5.41 Å². The van der Waals surface area contributed by atoms with Crippen molar-refractivity contribution in [1.29, 1.82) is 0 Å². The zero-order valence-electron chi connectivity index (χ0n) is 15.5. The molecule has 0 heterocycles. The number of benzene rings is 1. The van der Waals surface area contributed by atoms with Crippen molar-refractivity contribution in [2.45, 2.75) is 40.7 Å². The van der Waals surface area contributed by atoms with E-state index in [-0.39, 0.29) is 11.5 Å². The molecule has 0 aromatic heterocycles. The SMILES string of the molecule is CC[N+](C)(CC)CCOC(c1ccc(OC)cc1)C(C)(C)C. The zero-order chi connectivity index (χ0) is 16.8. The predicted octanol–water partition coefficient (Wildman–Crippen LogP) is 4.29. The van der Waals surface area contributed by atoms with Gasteiger partial charge in [-0.2, -0.15) is 0 Å². The van der Waals surface area contributed by atoms with E-state index in [1.165, 1.54) is 5.56 Å². The van der Waals surface area contributed by atoms with E-state index in [1.54, 1.807) is 7.11 Å². The maximum absolute atomic E-state index is 6.31. The molecule has 126 valence electrons. The van der Waals surface area contributed by atoms with Gasteiger partial charge in [0.2, 0.25) is 0 Å². The quantitative estimate of drug-likeness (QED) is 0.667. The fraction of sp³-hybridized carbons (Fsp3) is 0.684. The average molecular weight is 308 g/mol. The number of rotatable bonds is 8. The van der Waals surface area contributed by atoms with Gasteiger partial charge in [-0.1, -0.05) is 32.9 Å². The minimum atomic E-state index is 0.0659. The Morgan fingerprint density at radius 2 is 1.59 bits per heavy atom. The number of likely N-dealkylation sites (N-methyl/N-ethyl adjacent to an activating group) is 1. The van der Waals surface area contributed by atoms with Crippen LogP contribution < -0.4 is 4.74 Å². The summed E-state index contributed by atoms with van der Waals surface area (Å²) >= 11 is 0. The molecule has 3 heteroatoms. The van der Waals surface area contributed by atoms with Gasteiger partial charge in [0.25, 0.3) is 0 Å². The summed E-state index contributed by atoms with van der Waals surface area (Å²) in [6.07, 6.45) is 0.0977. The Morgan fingerprint density at radius 1 is 1.05 bits per heavy atom. The average Bonchev–Trinajstić information content (AvgIpc) is 2.50. The van der Waals surface area contributed by atoms with Crippen molar-refractivity contribution in [3.8, 4) is 5.75 Å². The molecule has 1 unspecified atom stereocenters. The third-order valence-corrected chi connectivity index (χ3v) is 4.65. The third kappa shape index (κ3) is 5.29. The lowest BCUT2D eigenvalue weighted by molar-refractivity contribution is -0.906. The van der Waals surface area contributed by atoms with Gasteiger partial charge in [0.05, 0.1) is 40.0 Å². The monoisotopic (exact) mass is 308 g/mol. The van der Waals surface area contributed by atoms with Crippen molar-refractivity contribution in [3.63, 3.8) is 0 Å². The van der Waals surface area contributed by atoms with Crippen LogP contribution in [-0.2, 0) is 4.74 Å². The van der Waals surface area contributed by atoms with E-state index in [9.17, 15) is 0 Å². The molecule has 0 bridgehead atoms. The Bertz CT molecular complexity index is 430. The lowest BCUT2D eigenvalue weighted by Crippen LogP contribution is -2.46. The smallest absolute Gasteiger partial charge is 0.118 e. The fourth-order valence-electron chi connectivity index (χ4n) is 2.56. The molecule has 3 nitrogen and oxygen atoms in total. The lowest BCUT2D eigenvalue weighted by Gasteiger charge is -2.35. The van der Waals surface area contributed by atoms with Gasteiger partial charge in [0.1, 0.15) is 12.3 Å². The summed E-state index contributed by atoms with van der Waals surface area (Å²) in [6, 6.07) is 8.25. The Morgan fingerprint density at radius 3 is 2.00 bits per heavy atom. The van der Waals surface area contributed by atoms with Crippen LogP contribution in [0.25, 0.3) is 0 Å². The fourth-order valence-corrected chi connectivity index (χ4v) is 2.56. The van der Waals surface area contributed by atoms with Gasteiger partial charge in [0, 0.05) is 0 Å². The van der Waals surface area contributed by atoms with Crippen LogP contribution in [0.2, 0.25) is 0 Å². The predicted molar refractivity (Wildman–Crippen MR) is 93.3 cm³/mol. The molecule has 0 spiro atoms.